The van der Waals surface area contributed by atoms with Crippen molar-refractivity contribution in [3.63, 3.8) is 0 Å². The van der Waals surface area contributed by atoms with Gasteiger partial charge in [-0.1, -0.05) is 6.07 Å². The summed E-state index contributed by atoms with van der Waals surface area (Å²) in [4.78, 5) is 25.5. The van der Waals surface area contributed by atoms with Gasteiger partial charge in [0.2, 0.25) is 5.91 Å². The SMILES string of the molecule is Cc1ccc(N)cc1NC(=O)COc1ccc(N2CCCC2=O)cc1.Cl. The number of ether oxygens (including phenoxy) is 1. The molecular formula is C19H22ClN3O3. The lowest BCUT2D eigenvalue weighted by atomic mass is 10.2. The Morgan fingerprint density at radius 1 is 1.23 bits per heavy atom. The van der Waals surface area contributed by atoms with Crippen molar-refractivity contribution in [1.29, 1.82) is 0 Å². The molecule has 0 saturated carbocycles. The number of anilines is 3. The van der Waals surface area contributed by atoms with Crippen LogP contribution in [0.15, 0.2) is 42.5 Å². The summed E-state index contributed by atoms with van der Waals surface area (Å²) in [7, 11) is 0. The van der Waals surface area contributed by atoms with Gasteiger partial charge in [0.25, 0.3) is 5.91 Å². The van der Waals surface area contributed by atoms with Crippen molar-refractivity contribution in [1.82, 2.24) is 0 Å². The minimum absolute atomic E-state index is 0. The number of aryl methyl sites for hydroxylation is 1. The number of nitrogens with zero attached hydrogens (tertiary/aromatic N) is 1. The quantitative estimate of drug-likeness (QED) is 0.786. The Bertz CT molecular complexity index is 793. The van der Waals surface area contributed by atoms with Gasteiger partial charge >= 0.3 is 0 Å². The normalized spacial score (nSPS) is 13.3. The Labute approximate surface area is 158 Å². The fourth-order valence-corrected chi connectivity index (χ4v) is 2.75. The predicted octanol–water partition coefficient (Wildman–Crippen LogP) is 3.14. The molecule has 0 atom stereocenters. The molecule has 0 aromatic heterocycles. The number of amides is 2. The Hall–Kier alpha value is -2.73. The molecule has 0 unspecified atom stereocenters. The molecule has 2 amide bonds. The molecule has 0 radical (unpaired) electrons. The van der Waals surface area contributed by atoms with E-state index in [1.807, 2.05) is 25.1 Å². The number of nitrogen functional groups attached to an aromatic ring is 1. The van der Waals surface area contributed by atoms with Crippen molar-refractivity contribution in [2.24, 2.45) is 0 Å². The number of nitrogens with two attached hydrogens (primary N) is 1. The molecular weight excluding hydrogens is 354 g/mol. The largest absolute Gasteiger partial charge is 0.484 e. The molecule has 1 saturated heterocycles. The van der Waals surface area contributed by atoms with Crippen LogP contribution in [0.3, 0.4) is 0 Å². The summed E-state index contributed by atoms with van der Waals surface area (Å²) < 4.78 is 5.51. The number of hydrogen-bond acceptors (Lipinski definition) is 4. The van der Waals surface area contributed by atoms with E-state index >= 15 is 0 Å². The van der Waals surface area contributed by atoms with Gasteiger partial charge in [-0.2, -0.15) is 0 Å². The lowest BCUT2D eigenvalue weighted by Gasteiger charge is -2.16. The highest BCUT2D eigenvalue weighted by Crippen LogP contribution is 2.24. The minimum Gasteiger partial charge on any atom is -0.484 e. The van der Waals surface area contributed by atoms with Gasteiger partial charge in [-0.05, 0) is 55.3 Å². The minimum atomic E-state index is -0.257. The lowest BCUT2D eigenvalue weighted by molar-refractivity contribution is -0.118. The maximum absolute atomic E-state index is 12.0. The van der Waals surface area contributed by atoms with E-state index in [1.165, 1.54) is 0 Å². The number of nitrogens with one attached hydrogen (secondary N) is 1. The van der Waals surface area contributed by atoms with Crippen molar-refractivity contribution >= 4 is 41.3 Å². The highest BCUT2D eigenvalue weighted by molar-refractivity contribution is 5.95. The van der Waals surface area contributed by atoms with E-state index in [1.54, 1.807) is 29.2 Å². The highest BCUT2D eigenvalue weighted by atomic mass is 35.5. The van der Waals surface area contributed by atoms with Crippen molar-refractivity contribution in [2.45, 2.75) is 19.8 Å². The van der Waals surface area contributed by atoms with E-state index in [0.29, 0.717) is 23.5 Å². The van der Waals surface area contributed by atoms with Gasteiger partial charge in [0, 0.05) is 30.0 Å². The average molecular weight is 376 g/mol. The van der Waals surface area contributed by atoms with Crippen molar-refractivity contribution in [3.05, 3.63) is 48.0 Å². The van der Waals surface area contributed by atoms with Gasteiger partial charge in [0.05, 0.1) is 0 Å². The smallest absolute Gasteiger partial charge is 0.262 e. The molecule has 1 aliphatic heterocycles. The van der Waals surface area contributed by atoms with E-state index in [-0.39, 0.29) is 30.8 Å². The zero-order chi connectivity index (χ0) is 17.8. The van der Waals surface area contributed by atoms with Gasteiger partial charge in [-0.3, -0.25) is 9.59 Å². The molecule has 0 bridgehead atoms. The number of carbonyl (C=O) groups is 2. The summed E-state index contributed by atoms with van der Waals surface area (Å²) in [5.41, 5.74) is 8.79. The highest BCUT2D eigenvalue weighted by Gasteiger charge is 2.21. The maximum Gasteiger partial charge on any atom is 0.262 e. The Kier molecular flexibility index (Phi) is 6.46. The average Bonchev–Trinajstić information content (AvgIpc) is 3.03. The van der Waals surface area contributed by atoms with Crippen LogP contribution in [0, 0.1) is 6.92 Å². The van der Waals surface area contributed by atoms with Crippen LogP contribution in [-0.2, 0) is 9.59 Å². The number of benzene rings is 2. The van der Waals surface area contributed by atoms with E-state index in [4.69, 9.17) is 10.5 Å². The summed E-state index contributed by atoms with van der Waals surface area (Å²) in [6.07, 6.45) is 1.49. The Morgan fingerprint density at radius 2 is 1.96 bits per heavy atom. The summed E-state index contributed by atoms with van der Waals surface area (Å²) in [6, 6.07) is 12.5. The van der Waals surface area contributed by atoms with Crippen LogP contribution >= 0.6 is 12.4 Å². The molecule has 1 heterocycles. The third-order valence-electron chi connectivity index (χ3n) is 4.13. The van der Waals surface area contributed by atoms with Gasteiger partial charge in [-0.25, -0.2) is 0 Å². The first-order chi connectivity index (χ1) is 12.0. The van der Waals surface area contributed by atoms with E-state index in [0.717, 1.165) is 24.2 Å². The van der Waals surface area contributed by atoms with Crippen LogP contribution in [0.5, 0.6) is 5.75 Å². The first-order valence-corrected chi connectivity index (χ1v) is 8.22. The molecule has 0 spiro atoms. The first-order valence-electron chi connectivity index (χ1n) is 8.22. The van der Waals surface area contributed by atoms with E-state index < -0.39 is 0 Å². The molecule has 2 aromatic carbocycles. The predicted molar refractivity (Wildman–Crippen MR) is 105 cm³/mol. The van der Waals surface area contributed by atoms with Crippen molar-refractivity contribution < 1.29 is 14.3 Å². The second-order valence-electron chi connectivity index (χ2n) is 6.05. The van der Waals surface area contributed by atoms with Crippen LogP contribution in [0.4, 0.5) is 17.1 Å². The Balaban J connectivity index is 0.00000243. The second kappa shape index (κ2) is 8.58. The zero-order valence-electron chi connectivity index (χ0n) is 14.5. The molecule has 1 aliphatic rings. The summed E-state index contributed by atoms with van der Waals surface area (Å²) >= 11 is 0. The molecule has 26 heavy (non-hydrogen) atoms. The molecule has 3 N–H and O–H groups in total. The molecule has 0 aliphatic carbocycles. The summed E-state index contributed by atoms with van der Waals surface area (Å²) in [6.45, 7) is 2.55. The van der Waals surface area contributed by atoms with Crippen molar-refractivity contribution in [2.75, 3.05) is 29.1 Å². The Morgan fingerprint density at radius 3 is 2.62 bits per heavy atom. The van der Waals surface area contributed by atoms with Crippen LogP contribution in [0.1, 0.15) is 18.4 Å². The van der Waals surface area contributed by atoms with Gasteiger partial charge in [-0.15, -0.1) is 12.4 Å². The number of hydrogen-bond donors (Lipinski definition) is 2. The first kappa shape index (κ1) is 19.6. The van der Waals surface area contributed by atoms with Gasteiger partial charge in [0.15, 0.2) is 6.61 Å². The van der Waals surface area contributed by atoms with E-state index in [9.17, 15) is 9.59 Å². The molecule has 138 valence electrons. The second-order valence-corrected chi connectivity index (χ2v) is 6.05. The zero-order valence-corrected chi connectivity index (χ0v) is 15.3. The maximum atomic E-state index is 12.0. The topological polar surface area (TPSA) is 84.7 Å². The van der Waals surface area contributed by atoms with Gasteiger partial charge in [0.1, 0.15) is 5.75 Å². The number of halogens is 1. The molecule has 2 aromatic rings. The van der Waals surface area contributed by atoms with E-state index in [2.05, 4.69) is 5.32 Å². The van der Waals surface area contributed by atoms with Crippen LogP contribution in [0.2, 0.25) is 0 Å². The summed E-state index contributed by atoms with van der Waals surface area (Å²) in [5.74, 6) is 0.466. The van der Waals surface area contributed by atoms with Crippen LogP contribution < -0.4 is 20.7 Å². The fourth-order valence-electron chi connectivity index (χ4n) is 2.75. The molecule has 7 heteroatoms. The van der Waals surface area contributed by atoms with Crippen LogP contribution in [-0.4, -0.2) is 25.0 Å². The summed E-state index contributed by atoms with van der Waals surface area (Å²) in [5, 5.41) is 2.79. The molecule has 6 nitrogen and oxygen atoms in total. The van der Waals surface area contributed by atoms with Crippen LogP contribution in [0.25, 0.3) is 0 Å². The molecule has 3 rings (SSSR count). The van der Waals surface area contributed by atoms with Crippen molar-refractivity contribution in [3.8, 4) is 5.75 Å². The van der Waals surface area contributed by atoms with Gasteiger partial charge < -0.3 is 20.7 Å². The fraction of sp³-hybridized carbons (Fsp3) is 0.263. The molecule has 1 fully saturated rings. The third kappa shape index (κ3) is 4.67. The monoisotopic (exact) mass is 375 g/mol. The third-order valence-corrected chi connectivity index (χ3v) is 4.13. The number of carbonyl (C=O) groups excluding carboxylic acids is 2. The standard InChI is InChI=1S/C19H21N3O3.ClH/c1-13-4-5-14(20)11-17(13)21-18(23)12-25-16-8-6-15(7-9-16)22-10-2-3-19(22)24;/h4-9,11H,2-3,10,12,20H2,1H3,(H,21,23);1H. The number of rotatable bonds is 5. The lowest BCUT2D eigenvalue weighted by Crippen LogP contribution is -2.23.